The molecule has 0 aliphatic carbocycles. The average Bonchev–Trinajstić information content (AvgIpc) is 2.36. The molecule has 0 unspecified atom stereocenters. The molecule has 0 aliphatic heterocycles. The molecule has 0 radical (unpaired) electrons. The third kappa shape index (κ3) is 4.84. The van der Waals surface area contributed by atoms with E-state index in [-0.39, 0.29) is 0 Å². The van der Waals surface area contributed by atoms with Gasteiger partial charge >= 0.3 is 0 Å². The molecular weight excluding hydrogens is 216 g/mol. The molecule has 1 aromatic carbocycles. The van der Waals surface area contributed by atoms with Gasteiger partial charge in [-0.2, -0.15) is 5.10 Å². The first-order chi connectivity index (χ1) is 8.27. The molecule has 5 N–H and O–H groups in total. The van der Waals surface area contributed by atoms with Crippen molar-refractivity contribution in [3.8, 4) is 0 Å². The Balaban J connectivity index is 2.53. The maximum atomic E-state index is 5.82. The molecule has 94 valence electrons. The highest BCUT2D eigenvalue weighted by Crippen LogP contribution is 2.04. The van der Waals surface area contributed by atoms with Gasteiger partial charge in [0.15, 0.2) is 5.84 Å². The maximum Gasteiger partial charge on any atom is 0.150 e. The number of hydrogen-bond acceptors (Lipinski definition) is 4. The zero-order chi connectivity index (χ0) is 12.5. The lowest BCUT2D eigenvalue weighted by Crippen LogP contribution is -2.21. The van der Waals surface area contributed by atoms with E-state index < -0.39 is 0 Å². The Morgan fingerprint density at radius 1 is 1.35 bits per heavy atom. The zero-order valence-corrected chi connectivity index (χ0v) is 10.1. The second kappa shape index (κ2) is 7.65. The minimum atomic E-state index is 0.473. The van der Waals surface area contributed by atoms with E-state index in [1.807, 2.05) is 24.3 Å². The number of benzene rings is 1. The number of nitrogens with one attached hydrogen (secondary N) is 1. The van der Waals surface area contributed by atoms with Gasteiger partial charge in [-0.25, -0.2) is 0 Å². The van der Waals surface area contributed by atoms with E-state index in [0.29, 0.717) is 25.5 Å². The molecule has 0 spiro atoms. The summed E-state index contributed by atoms with van der Waals surface area (Å²) < 4.78 is 4.89. The Hall–Kier alpha value is -1.59. The third-order valence-corrected chi connectivity index (χ3v) is 2.30. The fourth-order valence-corrected chi connectivity index (χ4v) is 1.36. The van der Waals surface area contributed by atoms with Crippen LogP contribution < -0.4 is 16.9 Å². The van der Waals surface area contributed by atoms with Crippen LogP contribution >= 0.6 is 0 Å². The largest absolute Gasteiger partial charge is 0.383 e. The highest BCUT2D eigenvalue weighted by atomic mass is 16.5. The van der Waals surface area contributed by atoms with Gasteiger partial charge in [-0.3, -0.25) is 0 Å². The van der Waals surface area contributed by atoms with Crippen molar-refractivity contribution in [3.05, 3.63) is 35.4 Å². The van der Waals surface area contributed by atoms with Gasteiger partial charge in [0, 0.05) is 12.7 Å². The smallest absolute Gasteiger partial charge is 0.150 e. The van der Waals surface area contributed by atoms with E-state index in [9.17, 15) is 0 Å². The van der Waals surface area contributed by atoms with Crippen LogP contribution in [0.25, 0.3) is 0 Å². The van der Waals surface area contributed by atoms with Crippen LogP contribution in [0.5, 0.6) is 0 Å². The Morgan fingerprint density at radius 3 is 2.65 bits per heavy atom. The predicted octanol–water partition coefficient (Wildman–Crippen LogP) is 0.0441. The predicted molar refractivity (Wildman–Crippen MR) is 69.8 cm³/mol. The first-order valence-corrected chi connectivity index (χ1v) is 5.62. The fraction of sp³-hybridized carbons (Fsp3) is 0.417. The molecule has 0 saturated heterocycles. The SMILES string of the molecule is COCCN/N=C(\N)c1ccc(CCN)cc1. The van der Waals surface area contributed by atoms with Gasteiger partial charge in [0.2, 0.25) is 0 Å². The zero-order valence-electron chi connectivity index (χ0n) is 10.1. The van der Waals surface area contributed by atoms with Crippen molar-refractivity contribution in [3.63, 3.8) is 0 Å². The molecule has 5 heteroatoms. The molecule has 0 saturated carbocycles. The highest BCUT2D eigenvalue weighted by molar-refractivity contribution is 5.97. The number of nitrogens with zero attached hydrogens (tertiary/aromatic N) is 1. The number of hydrazone groups is 1. The first kappa shape index (κ1) is 13.5. The van der Waals surface area contributed by atoms with Crippen LogP contribution in [0.15, 0.2) is 29.4 Å². The molecule has 0 aromatic heterocycles. The lowest BCUT2D eigenvalue weighted by atomic mass is 10.1. The van der Waals surface area contributed by atoms with Crippen LogP contribution in [0.4, 0.5) is 0 Å². The molecule has 1 rings (SSSR count). The van der Waals surface area contributed by atoms with Crippen LogP contribution in [0.1, 0.15) is 11.1 Å². The summed E-state index contributed by atoms with van der Waals surface area (Å²) in [6.45, 7) is 1.90. The summed E-state index contributed by atoms with van der Waals surface area (Å²) in [7, 11) is 1.64. The molecule has 17 heavy (non-hydrogen) atoms. The van der Waals surface area contributed by atoms with Gasteiger partial charge in [0.05, 0.1) is 13.2 Å². The monoisotopic (exact) mass is 236 g/mol. The molecule has 0 fully saturated rings. The number of hydrogen-bond donors (Lipinski definition) is 3. The van der Waals surface area contributed by atoms with Crippen molar-refractivity contribution in [2.24, 2.45) is 16.6 Å². The van der Waals surface area contributed by atoms with Crippen molar-refractivity contribution < 1.29 is 4.74 Å². The van der Waals surface area contributed by atoms with Crippen LogP contribution in [-0.4, -0.2) is 32.6 Å². The Kier molecular flexibility index (Phi) is 6.06. The second-order valence-electron chi connectivity index (χ2n) is 3.63. The number of nitrogens with two attached hydrogens (primary N) is 2. The molecule has 0 bridgehead atoms. The summed E-state index contributed by atoms with van der Waals surface area (Å²) in [5, 5.41) is 4.05. The van der Waals surface area contributed by atoms with Gasteiger partial charge in [0.1, 0.15) is 0 Å². The van der Waals surface area contributed by atoms with E-state index in [1.165, 1.54) is 5.56 Å². The Labute approximate surface area is 102 Å². The van der Waals surface area contributed by atoms with Crippen LogP contribution in [-0.2, 0) is 11.2 Å². The molecular formula is C12H20N4O. The molecule has 0 aliphatic rings. The standard InChI is InChI=1S/C12H20N4O/c1-17-9-8-15-16-12(14)11-4-2-10(3-5-11)6-7-13/h2-5,15H,6-9,13H2,1H3,(H2,14,16). The van der Waals surface area contributed by atoms with Crippen molar-refractivity contribution in [2.75, 3.05) is 26.8 Å². The summed E-state index contributed by atoms with van der Waals surface area (Å²) >= 11 is 0. The van der Waals surface area contributed by atoms with E-state index >= 15 is 0 Å². The van der Waals surface area contributed by atoms with Gasteiger partial charge in [-0.1, -0.05) is 24.3 Å². The lowest BCUT2D eigenvalue weighted by Gasteiger charge is -2.04. The number of amidine groups is 1. The van der Waals surface area contributed by atoms with Crippen molar-refractivity contribution >= 4 is 5.84 Å². The highest BCUT2D eigenvalue weighted by Gasteiger charge is 1.98. The Morgan fingerprint density at radius 2 is 2.06 bits per heavy atom. The summed E-state index contributed by atoms with van der Waals surface area (Å²) in [5.41, 5.74) is 16.3. The van der Waals surface area contributed by atoms with E-state index in [2.05, 4.69) is 10.5 Å². The fourth-order valence-electron chi connectivity index (χ4n) is 1.36. The molecule has 0 heterocycles. The van der Waals surface area contributed by atoms with Gasteiger partial charge in [-0.05, 0) is 18.5 Å². The molecule has 1 aromatic rings. The number of rotatable bonds is 7. The van der Waals surface area contributed by atoms with Crippen LogP contribution in [0.2, 0.25) is 0 Å². The van der Waals surface area contributed by atoms with E-state index in [4.69, 9.17) is 16.2 Å². The summed E-state index contributed by atoms with van der Waals surface area (Å²) in [5.74, 6) is 0.473. The lowest BCUT2D eigenvalue weighted by molar-refractivity contribution is 0.200. The molecule has 0 atom stereocenters. The van der Waals surface area contributed by atoms with Gasteiger partial charge in [-0.15, -0.1) is 0 Å². The van der Waals surface area contributed by atoms with Gasteiger partial charge < -0.3 is 21.6 Å². The summed E-state index contributed by atoms with van der Waals surface area (Å²) in [4.78, 5) is 0. The summed E-state index contributed by atoms with van der Waals surface area (Å²) in [6, 6.07) is 7.92. The minimum absolute atomic E-state index is 0.473. The quantitative estimate of drug-likeness (QED) is 0.270. The second-order valence-corrected chi connectivity index (χ2v) is 3.63. The van der Waals surface area contributed by atoms with E-state index in [0.717, 1.165) is 12.0 Å². The number of methoxy groups -OCH3 is 1. The average molecular weight is 236 g/mol. The van der Waals surface area contributed by atoms with Gasteiger partial charge in [0.25, 0.3) is 0 Å². The molecule has 5 nitrogen and oxygen atoms in total. The van der Waals surface area contributed by atoms with Crippen LogP contribution in [0, 0.1) is 0 Å². The third-order valence-electron chi connectivity index (χ3n) is 2.30. The van der Waals surface area contributed by atoms with Crippen molar-refractivity contribution in [1.82, 2.24) is 5.43 Å². The number of ether oxygens (including phenoxy) is 1. The minimum Gasteiger partial charge on any atom is -0.383 e. The van der Waals surface area contributed by atoms with Crippen molar-refractivity contribution in [1.29, 1.82) is 0 Å². The van der Waals surface area contributed by atoms with Crippen LogP contribution in [0.3, 0.4) is 0 Å². The summed E-state index contributed by atoms with van der Waals surface area (Å²) in [6.07, 6.45) is 0.878. The maximum absolute atomic E-state index is 5.82. The van der Waals surface area contributed by atoms with Crippen molar-refractivity contribution in [2.45, 2.75) is 6.42 Å². The topological polar surface area (TPSA) is 85.7 Å². The molecule has 0 amide bonds. The normalized spacial score (nSPS) is 11.5. The van der Waals surface area contributed by atoms with E-state index in [1.54, 1.807) is 7.11 Å². The Bertz CT molecular complexity index is 348. The first-order valence-electron chi connectivity index (χ1n) is 5.62.